The number of hydrogen-bond acceptors (Lipinski definition) is 2. The highest BCUT2D eigenvalue weighted by Crippen LogP contribution is 2.30. The van der Waals surface area contributed by atoms with E-state index in [1.807, 2.05) is 23.7 Å². The number of aromatic amines is 1. The molecular formula is C13H13N3O2. The van der Waals surface area contributed by atoms with Crippen molar-refractivity contribution < 1.29 is 9.90 Å². The van der Waals surface area contributed by atoms with Crippen LogP contribution in [0.3, 0.4) is 0 Å². The van der Waals surface area contributed by atoms with E-state index in [2.05, 4.69) is 23.2 Å². The van der Waals surface area contributed by atoms with Crippen LogP contribution < -0.4 is 0 Å². The third-order valence-electron chi connectivity index (χ3n) is 3.38. The summed E-state index contributed by atoms with van der Waals surface area (Å²) in [6.45, 7) is 2.08. The van der Waals surface area contributed by atoms with Crippen molar-refractivity contribution in [1.29, 1.82) is 0 Å². The van der Waals surface area contributed by atoms with Gasteiger partial charge in [0, 0.05) is 12.4 Å². The van der Waals surface area contributed by atoms with Crippen molar-refractivity contribution >= 4 is 27.9 Å². The fraction of sp³-hybridized carbons (Fsp3) is 0.231. The molecule has 5 heteroatoms. The summed E-state index contributed by atoms with van der Waals surface area (Å²) < 4.78 is 1.91. The normalized spacial score (nSPS) is 11.4. The van der Waals surface area contributed by atoms with Crippen molar-refractivity contribution in [3.63, 3.8) is 0 Å². The van der Waals surface area contributed by atoms with Gasteiger partial charge < -0.3 is 9.67 Å². The molecule has 0 fully saturated rings. The summed E-state index contributed by atoms with van der Waals surface area (Å²) in [5.41, 5.74) is 3.02. The van der Waals surface area contributed by atoms with E-state index in [9.17, 15) is 9.90 Å². The Balaban J connectivity index is 2.51. The number of aryl methyl sites for hydroxylation is 2. The number of hydrogen-bond donors (Lipinski definition) is 2. The van der Waals surface area contributed by atoms with Gasteiger partial charge in [-0.3, -0.25) is 5.10 Å². The summed E-state index contributed by atoms with van der Waals surface area (Å²) in [7, 11) is 1.89. The molecule has 3 rings (SSSR count). The first kappa shape index (κ1) is 10.8. The molecule has 0 aliphatic carbocycles. The molecule has 5 nitrogen and oxygen atoms in total. The van der Waals surface area contributed by atoms with Crippen LogP contribution in [-0.4, -0.2) is 25.8 Å². The molecule has 2 heterocycles. The lowest BCUT2D eigenvalue weighted by Crippen LogP contribution is -1.97. The van der Waals surface area contributed by atoms with Crippen molar-refractivity contribution in [2.45, 2.75) is 13.3 Å². The van der Waals surface area contributed by atoms with Gasteiger partial charge in [0.25, 0.3) is 0 Å². The third kappa shape index (κ3) is 1.27. The second-order valence-electron chi connectivity index (χ2n) is 4.37. The molecule has 0 spiro atoms. The van der Waals surface area contributed by atoms with Gasteiger partial charge in [-0.25, -0.2) is 4.79 Å². The minimum Gasteiger partial charge on any atom is -0.477 e. The number of H-pyrrole nitrogens is 1. The van der Waals surface area contributed by atoms with Crippen LogP contribution in [0.5, 0.6) is 0 Å². The molecular weight excluding hydrogens is 230 g/mol. The van der Waals surface area contributed by atoms with Gasteiger partial charge in [-0.15, -0.1) is 0 Å². The molecule has 0 aliphatic heterocycles. The predicted molar refractivity (Wildman–Crippen MR) is 68.9 cm³/mol. The van der Waals surface area contributed by atoms with Crippen LogP contribution in [0.4, 0.5) is 0 Å². The molecule has 0 saturated carbocycles. The van der Waals surface area contributed by atoms with E-state index in [4.69, 9.17) is 0 Å². The molecule has 0 bridgehead atoms. The minimum absolute atomic E-state index is 0.156. The second kappa shape index (κ2) is 3.60. The maximum Gasteiger partial charge on any atom is 0.354 e. The number of aromatic nitrogens is 3. The molecule has 2 aromatic heterocycles. The van der Waals surface area contributed by atoms with E-state index in [-0.39, 0.29) is 5.69 Å². The third-order valence-corrected chi connectivity index (χ3v) is 3.38. The van der Waals surface area contributed by atoms with Crippen LogP contribution in [0.2, 0.25) is 0 Å². The van der Waals surface area contributed by atoms with Crippen LogP contribution in [-0.2, 0) is 13.5 Å². The lowest BCUT2D eigenvalue weighted by molar-refractivity contribution is 0.0692. The Hall–Kier alpha value is -2.30. The van der Waals surface area contributed by atoms with Crippen LogP contribution in [0.25, 0.3) is 21.9 Å². The molecule has 0 amide bonds. The average molecular weight is 243 g/mol. The molecule has 0 atom stereocenters. The molecule has 0 saturated heterocycles. The molecule has 92 valence electrons. The fourth-order valence-electron chi connectivity index (χ4n) is 2.39. The van der Waals surface area contributed by atoms with Crippen molar-refractivity contribution in [2.24, 2.45) is 7.05 Å². The van der Waals surface area contributed by atoms with Crippen molar-refractivity contribution in [3.05, 3.63) is 29.5 Å². The zero-order valence-corrected chi connectivity index (χ0v) is 10.2. The summed E-state index contributed by atoms with van der Waals surface area (Å²) >= 11 is 0. The number of benzene rings is 1. The second-order valence-corrected chi connectivity index (χ2v) is 4.37. The topological polar surface area (TPSA) is 70.9 Å². The van der Waals surface area contributed by atoms with E-state index < -0.39 is 5.97 Å². The number of nitrogens with one attached hydrogen (secondary N) is 1. The average Bonchev–Trinajstić information content (AvgIpc) is 2.90. The first-order valence-corrected chi connectivity index (χ1v) is 5.82. The van der Waals surface area contributed by atoms with Gasteiger partial charge in [-0.2, -0.15) is 5.10 Å². The number of aromatic carboxylic acids is 1. The molecule has 0 aliphatic rings. The highest BCUT2D eigenvalue weighted by molar-refractivity contribution is 6.15. The number of carboxylic acids is 1. The highest BCUT2D eigenvalue weighted by atomic mass is 16.4. The van der Waals surface area contributed by atoms with Crippen molar-refractivity contribution in [2.75, 3.05) is 0 Å². The maximum absolute atomic E-state index is 11.2. The molecule has 1 aromatic carbocycles. The number of carbonyl (C=O) groups is 1. The molecule has 18 heavy (non-hydrogen) atoms. The van der Waals surface area contributed by atoms with Gasteiger partial charge in [0.15, 0.2) is 11.3 Å². The zero-order chi connectivity index (χ0) is 12.9. The van der Waals surface area contributed by atoms with Gasteiger partial charge in [0.2, 0.25) is 0 Å². The zero-order valence-electron chi connectivity index (χ0n) is 10.2. The lowest BCUT2D eigenvalue weighted by atomic mass is 10.1. The van der Waals surface area contributed by atoms with Crippen LogP contribution in [0, 0.1) is 0 Å². The number of nitrogens with zero attached hydrogens (tertiary/aromatic N) is 2. The van der Waals surface area contributed by atoms with Crippen molar-refractivity contribution in [1.82, 2.24) is 14.8 Å². The molecule has 0 unspecified atom stereocenters. The first-order chi connectivity index (χ1) is 8.63. The highest BCUT2D eigenvalue weighted by Gasteiger charge is 2.19. The smallest absolute Gasteiger partial charge is 0.354 e. The Kier molecular flexibility index (Phi) is 2.16. The Morgan fingerprint density at radius 3 is 2.94 bits per heavy atom. The minimum atomic E-state index is -0.980. The molecule has 2 N–H and O–H groups in total. The van der Waals surface area contributed by atoms with E-state index >= 15 is 0 Å². The number of fused-ring (bicyclic) bond motifs is 3. The number of rotatable bonds is 2. The summed E-state index contributed by atoms with van der Waals surface area (Å²) in [4.78, 5) is 11.2. The van der Waals surface area contributed by atoms with E-state index in [1.165, 1.54) is 5.56 Å². The Labute approximate surface area is 103 Å². The molecule has 3 aromatic rings. The van der Waals surface area contributed by atoms with Gasteiger partial charge in [0.1, 0.15) is 0 Å². The molecule has 0 radical (unpaired) electrons. The number of carboxylic acid groups (broad SMARTS) is 1. The SMILES string of the molecule is CCc1ccc2c(c1)c1c(C(=O)O)[nH]nc1n2C. The quantitative estimate of drug-likeness (QED) is 0.725. The van der Waals surface area contributed by atoms with Gasteiger partial charge in [-0.05, 0) is 24.1 Å². The summed E-state index contributed by atoms with van der Waals surface area (Å²) in [5.74, 6) is -0.980. The monoisotopic (exact) mass is 243 g/mol. The Morgan fingerprint density at radius 2 is 2.28 bits per heavy atom. The fourth-order valence-corrected chi connectivity index (χ4v) is 2.39. The summed E-state index contributed by atoms with van der Waals surface area (Å²) in [5, 5.41) is 17.5. The van der Waals surface area contributed by atoms with Gasteiger partial charge in [0.05, 0.1) is 10.9 Å². The van der Waals surface area contributed by atoms with E-state index in [1.54, 1.807) is 0 Å². The maximum atomic E-state index is 11.2. The van der Waals surface area contributed by atoms with Gasteiger partial charge in [-0.1, -0.05) is 13.0 Å². The van der Waals surface area contributed by atoms with Crippen LogP contribution in [0.1, 0.15) is 23.0 Å². The first-order valence-electron chi connectivity index (χ1n) is 5.82. The van der Waals surface area contributed by atoms with Gasteiger partial charge >= 0.3 is 5.97 Å². The largest absolute Gasteiger partial charge is 0.477 e. The van der Waals surface area contributed by atoms with E-state index in [0.29, 0.717) is 11.0 Å². The van der Waals surface area contributed by atoms with Crippen LogP contribution >= 0.6 is 0 Å². The van der Waals surface area contributed by atoms with Crippen molar-refractivity contribution in [3.8, 4) is 0 Å². The standard InChI is InChI=1S/C13H13N3O2/c1-3-7-4-5-9-8(6-7)10-11(13(17)18)14-15-12(10)16(9)2/h4-6H,3H2,1-2H3,(H,14,15)(H,17,18). The Bertz CT molecular complexity index is 767. The lowest BCUT2D eigenvalue weighted by Gasteiger charge is -1.99. The summed E-state index contributed by atoms with van der Waals surface area (Å²) in [6, 6.07) is 6.12. The Morgan fingerprint density at radius 1 is 1.50 bits per heavy atom. The van der Waals surface area contributed by atoms with Crippen LogP contribution in [0.15, 0.2) is 18.2 Å². The summed E-state index contributed by atoms with van der Waals surface area (Å²) in [6.07, 6.45) is 0.923. The van der Waals surface area contributed by atoms with E-state index in [0.717, 1.165) is 17.3 Å². The predicted octanol–water partition coefficient (Wildman–Crippen LogP) is 2.32.